The Balaban J connectivity index is 3.70. The number of carbonyl (C=O) groups is 2. The fraction of sp³-hybridized carbons (Fsp3) is 0.833. The van der Waals surface area contributed by atoms with E-state index < -0.39 is 12.1 Å². The van der Waals surface area contributed by atoms with Crippen molar-refractivity contribution in [2.45, 2.75) is 40.2 Å². The van der Waals surface area contributed by atoms with Gasteiger partial charge in [0.15, 0.2) is 12.7 Å². The number of amides is 1. The second kappa shape index (κ2) is 8.98. The number of likely N-dealkylation sites (N-methyl/N-ethyl adjacent to an activating group) is 1. The Morgan fingerprint density at radius 3 is 2.41 bits per heavy atom. The van der Waals surface area contributed by atoms with Crippen LogP contribution in [0.1, 0.15) is 34.1 Å². The zero-order valence-electron chi connectivity index (χ0n) is 11.1. The third kappa shape index (κ3) is 8.68. The highest BCUT2D eigenvalue weighted by Crippen LogP contribution is 2.02. The van der Waals surface area contributed by atoms with Crippen LogP contribution < -0.4 is 5.32 Å². The van der Waals surface area contributed by atoms with Gasteiger partial charge < -0.3 is 14.8 Å². The largest absolute Gasteiger partial charge is 0.454 e. The summed E-state index contributed by atoms with van der Waals surface area (Å²) in [6.07, 6.45) is 0.275. The van der Waals surface area contributed by atoms with Crippen molar-refractivity contribution in [3.63, 3.8) is 0 Å². The number of hydrogen-bond donors (Lipinski definition) is 1. The highest BCUT2D eigenvalue weighted by Gasteiger charge is 2.16. The normalized spacial score (nSPS) is 12.3. The van der Waals surface area contributed by atoms with E-state index >= 15 is 0 Å². The Morgan fingerprint density at radius 2 is 1.88 bits per heavy atom. The molecule has 0 spiro atoms. The van der Waals surface area contributed by atoms with E-state index in [0.717, 1.165) is 6.42 Å². The number of ether oxygens (including phenoxy) is 2. The first kappa shape index (κ1) is 15.9. The number of nitrogens with one attached hydrogen (secondary N) is 1. The van der Waals surface area contributed by atoms with Crippen LogP contribution >= 0.6 is 0 Å². The molecule has 5 nitrogen and oxygen atoms in total. The third-order valence-corrected chi connectivity index (χ3v) is 2.11. The van der Waals surface area contributed by atoms with Gasteiger partial charge in [0.2, 0.25) is 0 Å². The Kier molecular flexibility index (Phi) is 8.40. The molecule has 0 rings (SSSR count). The zero-order chi connectivity index (χ0) is 13.3. The first-order valence-electron chi connectivity index (χ1n) is 6.02. The lowest BCUT2D eigenvalue weighted by Crippen LogP contribution is -2.31. The van der Waals surface area contributed by atoms with Gasteiger partial charge in [-0.15, -0.1) is 0 Å². The molecule has 0 saturated heterocycles. The maximum Gasteiger partial charge on any atom is 0.335 e. The zero-order valence-corrected chi connectivity index (χ0v) is 11.1. The van der Waals surface area contributed by atoms with E-state index in [2.05, 4.69) is 19.2 Å². The molecular formula is C12H23NO4. The van der Waals surface area contributed by atoms with E-state index in [-0.39, 0.29) is 12.5 Å². The summed E-state index contributed by atoms with van der Waals surface area (Å²) >= 11 is 0. The van der Waals surface area contributed by atoms with Crippen LogP contribution in [0.15, 0.2) is 0 Å². The van der Waals surface area contributed by atoms with Crippen molar-refractivity contribution in [3.8, 4) is 0 Å². The van der Waals surface area contributed by atoms with E-state index in [1.54, 1.807) is 13.8 Å². The van der Waals surface area contributed by atoms with Crippen molar-refractivity contribution in [2.24, 2.45) is 5.92 Å². The van der Waals surface area contributed by atoms with Gasteiger partial charge in [-0.05, 0) is 26.2 Å². The molecule has 0 fully saturated rings. The van der Waals surface area contributed by atoms with Gasteiger partial charge in [-0.25, -0.2) is 4.79 Å². The van der Waals surface area contributed by atoms with Crippen LogP contribution in [0.5, 0.6) is 0 Å². The van der Waals surface area contributed by atoms with Crippen LogP contribution in [0, 0.1) is 5.92 Å². The van der Waals surface area contributed by atoms with E-state index in [9.17, 15) is 9.59 Å². The number of rotatable bonds is 8. The molecule has 0 aliphatic rings. The van der Waals surface area contributed by atoms with Crippen molar-refractivity contribution >= 4 is 11.9 Å². The van der Waals surface area contributed by atoms with Gasteiger partial charge in [0.05, 0.1) is 0 Å². The van der Waals surface area contributed by atoms with Crippen LogP contribution in [-0.2, 0) is 19.1 Å². The molecule has 0 aromatic carbocycles. The van der Waals surface area contributed by atoms with Crippen molar-refractivity contribution in [1.82, 2.24) is 5.32 Å². The van der Waals surface area contributed by atoms with Crippen LogP contribution in [0.4, 0.5) is 0 Å². The van der Waals surface area contributed by atoms with Crippen LogP contribution in [0.2, 0.25) is 0 Å². The van der Waals surface area contributed by atoms with Gasteiger partial charge in [-0.1, -0.05) is 13.8 Å². The van der Waals surface area contributed by atoms with Crippen molar-refractivity contribution in [2.75, 3.05) is 19.8 Å². The summed E-state index contributed by atoms with van der Waals surface area (Å²) in [5.41, 5.74) is 0. The monoisotopic (exact) mass is 245 g/mol. The molecule has 1 unspecified atom stereocenters. The van der Waals surface area contributed by atoms with E-state index in [1.165, 1.54) is 0 Å². The van der Waals surface area contributed by atoms with Crippen LogP contribution in [0.25, 0.3) is 0 Å². The summed E-state index contributed by atoms with van der Waals surface area (Å²) in [7, 11) is 0. The average Bonchev–Trinajstić information content (AvgIpc) is 2.25. The van der Waals surface area contributed by atoms with Gasteiger partial charge in [-0.2, -0.15) is 0 Å². The standard InChI is InChI=1S/C12H23NO4/c1-5-13-11(14)8-17-12(15)10(4)16-7-6-9(2)3/h9-10H,5-8H2,1-4H3,(H,13,14). The lowest BCUT2D eigenvalue weighted by atomic mass is 10.1. The first-order chi connectivity index (χ1) is 7.97. The number of hydrogen-bond acceptors (Lipinski definition) is 4. The highest BCUT2D eigenvalue weighted by atomic mass is 16.6. The Hall–Kier alpha value is -1.10. The lowest BCUT2D eigenvalue weighted by molar-refractivity contribution is -0.159. The third-order valence-electron chi connectivity index (χ3n) is 2.11. The second-order valence-corrected chi connectivity index (χ2v) is 4.26. The molecule has 0 aromatic rings. The molecule has 0 radical (unpaired) electrons. The van der Waals surface area contributed by atoms with Gasteiger partial charge in [-0.3, -0.25) is 4.79 Å². The molecule has 0 heterocycles. The van der Waals surface area contributed by atoms with Gasteiger partial charge >= 0.3 is 5.97 Å². The summed E-state index contributed by atoms with van der Waals surface area (Å²) in [6.45, 7) is 8.40. The van der Waals surface area contributed by atoms with E-state index in [1.807, 2.05) is 0 Å². The molecule has 0 bridgehead atoms. The maximum atomic E-state index is 11.4. The summed E-state index contributed by atoms with van der Waals surface area (Å²) in [6, 6.07) is 0. The minimum Gasteiger partial charge on any atom is -0.454 e. The molecule has 1 atom stereocenters. The maximum absolute atomic E-state index is 11.4. The predicted octanol–water partition coefficient (Wildman–Crippen LogP) is 1.12. The molecule has 1 amide bonds. The smallest absolute Gasteiger partial charge is 0.335 e. The molecule has 0 aromatic heterocycles. The van der Waals surface area contributed by atoms with Gasteiger partial charge in [0.25, 0.3) is 5.91 Å². The van der Waals surface area contributed by atoms with Gasteiger partial charge in [0.1, 0.15) is 0 Å². The fourth-order valence-electron chi connectivity index (χ4n) is 1.05. The molecule has 0 aliphatic carbocycles. The summed E-state index contributed by atoms with van der Waals surface area (Å²) in [4.78, 5) is 22.4. The quantitative estimate of drug-likeness (QED) is 0.651. The predicted molar refractivity (Wildman–Crippen MR) is 64.5 cm³/mol. The summed E-state index contributed by atoms with van der Waals surface area (Å²) in [5, 5.41) is 2.54. The van der Waals surface area contributed by atoms with E-state index in [0.29, 0.717) is 19.1 Å². The molecular weight excluding hydrogens is 222 g/mol. The highest BCUT2D eigenvalue weighted by molar-refractivity contribution is 5.81. The Labute approximate surface area is 103 Å². The minimum absolute atomic E-state index is 0.245. The molecule has 17 heavy (non-hydrogen) atoms. The molecule has 1 N–H and O–H groups in total. The molecule has 5 heteroatoms. The number of carbonyl (C=O) groups excluding carboxylic acids is 2. The lowest BCUT2D eigenvalue weighted by Gasteiger charge is -2.13. The minimum atomic E-state index is -0.622. The summed E-state index contributed by atoms with van der Waals surface area (Å²) < 4.78 is 10.1. The number of esters is 1. The van der Waals surface area contributed by atoms with Crippen molar-refractivity contribution < 1.29 is 19.1 Å². The Morgan fingerprint density at radius 1 is 1.24 bits per heavy atom. The molecule has 0 aliphatic heterocycles. The molecule has 0 saturated carbocycles. The average molecular weight is 245 g/mol. The van der Waals surface area contributed by atoms with Crippen molar-refractivity contribution in [3.05, 3.63) is 0 Å². The van der Waals surface area contributed by atoms with Gasteiger partial charge in [0, 0.05) is 13.2 Å². The topological polar surface area (TPSA) is 64.6 Å². The van der Waals surface area contributed by atoms with Crippen molar-refractivity contribution in [1.29, 1.82) is 0 Å². The van der Waals surface area contributed by atoms with Crippen LogP contribution in [-0.4, -0.2) is 37.7 Å². The van der Waals surface area contributed by atoms with E-state index in [4.69, 9.17) is 9.47 Å². The Bertz CT molecular complexity index is 241. The first-order valence-corrected chi connectivity index (χ1v) is 6.02. The molecule has 100 valence electrons. The van der Waals surface area contributed by atoms with Crippen LogP contribution in [0.3, 0.4) is 0 Å². The fourth-order valence-corrected chi connectivity index (χ4v) is 1.05. The second-order valence-electron chi connectivity index (χ2n) is 4.26. The SMILES string of the molecule is CCNC(=O)COC(=O)C(C)OCCC(C)C. The summed E-state index contributed by atoms with van der Waals surface area (Å²) in [5.74, 6) is -0.260.